The molecule has 0 aromatic rings. The van der Waals surface area contributed by atoms with Crippen molar-refractivity contribution in [3.05, 3.63) is 0 Å². The zero-order chi connectivity index (χ0) is 13.5. The number of unbranched alkanes of at least 4 members (excludes halogenated alkanes) is 9. The van der Waals surface area contributed by atoms with Gasteiger partial charge >= 0.3 is 0 Å². The molecule has 105 valence electrons. The molecule has 3 nitrogen and oxygen atoms in total. The summed E-state index contributed by atoms with van der Waals surface area (Å²) in [5, 5.41) is 2.89. The lowest BCUT2D eigenvalue weighted by Crippen LogP contribution is -2.25. The standard InChI is InChI=1S/C14H25INO2/c15-13-14(18)16-11-9-7-5-3-1-2-4-6-8-10-12-17/h1-11,13H2,(H,16,18). The molecule has 1 N–H and O–H groups in total. The van der Waals surface area contributed by atoms with E-state index in [0.717, 1.165) is 25.8 Å². The van der Waals surface area contributed by atoms with Gasteiger partial charge in [-0.15, -0.1) is 0 Å². The van der Waals surface area contributed by atoms with Gasteiger partial charge < -0.3 is 5.32 Å². The van der Waals surface area contributed by atoms with Crippen molar-refractivity contribution in [1.29, 1.82) is 0 Å². The van der Waals surface area contributed by atoms with Crippen molar-refractivity contribution in [1.82, 2.24) is 5.32 Å². The van der Waals surface area contributed by atoms with Crippen LogP contribution in [0.3, 0.4) is 0 Å². The lowest BCUT2D eigenvalue weighted by atomic mass is 10.1. The van der Waals surface area contributed by atoms with Gasteiger partial charge in [-0.2, -0.15) is 0 Å². The van der Waals surface area contributed by atoms with Gasteiger partial charge in [-0.3, -0.25) is 9.59 Å². The Morgan fingerprint density at radius 1 is 0.889 bits per heavy atom. The van der Waals surface area contributed by atoms with Crippen LogP contribution in [0, 0.1) is 0 Å². The van der Waals surface area contributed by atoms with Gasteiger partial charge in [0, 0.05) is 13.0 Å². The van der Waals surface area contributed by atoms with Crippen LogP contribution in [0.4, 0.5) is 0 Å². The van der Waals surface area contributed by atoms with Crippen molar-refractivity contribution in [2.45, 2.75) is 64.2 Å². The normalized spacial score (nSPS) is 10.3. The Kier molecular flexibility index (Phi) is 14.8. The molecule has 0 fully saturated rings. The Labute approximate surface area is 125 Å². The number of rotatable bonds is 13. The maximum absolute atomic E-state index is 11.0. The lowest BCUT2D eigenvalue weighted by molar-refractivity contribution is -0.118. The van der Waals surface area contributed by atoms with Gasteiger partial charge in [0.05, 0.1) is 4.43 Å². The first-order valence-electron chi connectivity index (χ1n) is 6.99. The maximum Gasteiger partial charge on any atom is 0.229 e. The van der Waals surface area contributed by atoms with Crippen LogP contribution in [0.15, 0.2) is 0 Å². The molecular weight excluding hydrogens is 341 g/mol. The summed E-state index contributed by atoms with van der Waals surface area (Å²) in [6.07, 6.45) is 13.4. The van der Waals surface area contributed by atoms with Crippen molar-refractivity contribution in [2.75, 3.05) is 11.0 Å². The van der Waals surface area contributed by atoms with Crippen LogP contribution in [0.25, 0.3) is 0 Å². The minimum atomic E-state index is 0.142. The van der Waals surface area contributed by atoms with E-state index in [9.17, 15) is 9.59 Å². The van der Waals surface area contributed by atoms with Crippen LogP contribution >= 0.6 is 22.6 Å². The van der Waals surface area contributed by atoms with E-state index in [0.29, 0.717) is 10.8 Å². The second kappa shape index (κ2) is 14.9. The third-order valence-corrected chi connectivity index (χ3v) is 3.59. The zero-order valence-corrected chi connectivity index (χ0v) is 13.3. The van der Waals surface area contributed by atoms with Gasteiger partial charge in [0.1, 0.15) is 0 Å². The van der Waals surface area contributed by atoms with E-state index in [4.69, 9.17) is 0 Å². The number of halogens is 1. The first kappa shape index (κ1) is 17.9. The van der Waals surface area contributed by atoms with Crippen molar-refractivity contribution in [3.8, 4) is 0 Å². The van der Waals surface area contributed by atoms with Crippen molar-refractivity contribution >= 4 is 34.8 Å². The summed E-state index contributed by atoms with van der Waals surface area (Å²) in [5.41, 5.74) is 0. The predicted octanol–water partition coefficient (Wildman–Crippen LogP) is 3.55. The minimum Gasteiger partial charge on any atom is -0.355 e. The molecule has 0 rings (SSSR count). The minimum absolute atomic E-state index is 0.142. The molecule has 0 aliphatic rings. The zero-order valence-electron chi connectivity index (χ0n) is 11.2. The molecule has 1 radical (unpaired) electrons. The summed E-state index contributed by atoms with van der Waals surface area (Å²) in [6, 6.07) is 0. The number of hydrogen-bond acceptors (Lipinski definition) is 2. The largest absolute Gasteiger partial charge is 0.355 e. The quantitative estimate of drug-likeness (QED) is 0.308. The van der Waals surface area contributed by atoms with Crippen LogP contribution < -0.4 is 5.32 Å². The average molecular weight is 366 g/mol. The van der Waals surface area contributed by atoms with Crippen molar-refractivity contribution in [2.24, 2.45) is 0 Å². The highest BCUT2D eigenvalue weighted by atomic mass is 127. The molecule has 0 aromatic heterocycles. The molecule has 1 amide bonds. The van der Waals surface area contributed by atoms with Gasteiger partial charge in [-0.25, -0.2) is 0 Å². The third kappa shape index (κ3) is 13.9. The topological polar surface area (TPSA) is 46.2 Å². The van der Waals surface area contributed by atoms with Crippen LogP contribution in [0.1, 0.15) is 64.2 Å². The van der Waals surface area contributed by atoms with Gasteiger partial charge in [0.25, 0.3) is 0 Å². The Balaban J connectivity index is 2.98. The highest BCUT2D eigenvalue weighted by molar-refractivity contribution is 14.1. The Morgan fingerprint density at radius 2 is 1.39 bits per heavy atom. The Bertz CT molecular complexity index is 210. The second-order valence-corrected chi connectivity index (χ2v) is 5.32. The first-order valence-corrected chi connectivity index (χ1v) is 8.51. The molecule has 0 aliphatic carbocycles. The number of hydrogen-bond donors (Lipinski definition) is 1. The van der Waals surface area contributed by atoms with E-state index in [1.54, 1.807) is 0 Å². The monoisotopic (exact) mass is 366 g/mol. The molecule has 0 spiro atoms. The summed E-state index contributed by atoms with van der Waals surface area (Å²) in [4.78, 5) is 20.9. The fraction of sp³-hybridized carbons (Fsp3) is 0.857. The molecule has 0 heterocycles. The number of alkyl halides is 1. The van der Waals surface area contributed by atoms with Crippen LogP contribution in [-0.4, -0.2) is 23.2 Å². The molecule has 18 heavy (non-hydrogen) atoms. The number of nitrogens with one attached hydrogen (secondary N) is 1. The molecule has 0 aliphatic heterocycles. The van der Waals surface area contributed by atoms with E-state index in [-0.39, 0.29) is 5.91 Å². The van der Waals surface area contributed by atoms with Crippen LogP contribution in [0.5, 0.6) is 0 Å². The molecule has 0 saturated heterocycles. The van der Waals surface area contributed by atoms with Gasteiger partial charge in [-0.1, -0.05) is 67.5 Å². The van der Waals surface area contributed by atoms with Crippen molar-refractivity contribution in [3.63, 3.8) is 0 Å². The van der Waals surface area contributed by atoms with Gasteiger partial charge in [0.2, 0.25) is 5.91 Å². The van der Waals surface area contributed by atoms with E-state index in [1.807, 2.05) is 6.29 Å². The summed E-state index contributed by atoms with van der Waals surface area (Å²) >= 11 is 2.08. The first-order chi connectivity index (χ1) is 8.81. The molecule has 4 heteroatoms. The number of carbonyl (C=O) groups is 1. The molecule has 0 bridgehead atoms. The second-order valence-electron chi connectivity index (χ2n) is 4.56. The summed E-state index contributed by atoms with van der Waals surface area (Å²) < 4.78 is 0.555. The lowest BCUT2D eigenvalue weighted by Gasteiger charge is -2.03. The fourth-order valence-corrected chi connectivity index (χ4v) is 2.10. The van der Waals surface area contributed by atoms with E-state index in [2.05, 4.69) is 27.9 Å². The maximum atomic E-state index is 11.0. The average Bonchev–Trinajstić information content (AvgIpc) is 2.39. The highest BCUT2D eigenvalue weighted by Gasteiger charge is 1.96. The summed E-state index contributed by atoms with van der Waals surface area (Å²) in [5.74, 6) is 0.142. The SMILES string of the molecule is O=[C]CCCCCCCCCCCNC(=O)CI. The fourth-order valence-electron chi connectivity index (χ4n) is 1.83. The number of carbonyl (C=O) groups excluding carboxylic acids is 2. The number of amides is 1. The molecule has 0 aromatic carbocycles. The summed E-state index contributed by atoms with van der Waals surface area (Å²) in [7, 11) is 0. The molecule has 0 saturated carbocycles. The molecular formula is C14H25INO2. The Hall–Kier alpha value is -0.130. The molecule has 0 unspecified atom stereocenters. The smallest absolute Gasteiger partial charge is 0.229 e. The molecule has 0 atom stereocenters. The Morgan fingerprint density at radius 3 is 1.89 bits per heavy atom. The third-order valence-electron chi connectivity index (χ3n) is 2.90. The van der Waals surface area contributed by atoms with Gasteiger partial charge in [-0.05, 0) is 12.8 Å². The van der Waals surface area contributed by atoms with E-state index < -0.39 is 0 Å². The van der Waals surface area contributed by atoms with Crippen molar-refractivity contribution < 1.29 is 9.59 Å². The van der Waals surface area contributed by atoms with E-state index >= 15 is 0 Å². The van der Waals surface area contributed by atoms with Gasteiger partial charge in [0.15, 0.2) is 6.29 Å². The van der Waals surface area contributed by atoms with Crippen LogP contribution in [-0.2, 0) is 9.59 Å². The summed E-state index contributed by atoms with van der Waals surface area (Å²) in [6.45, 7) is 0.823. The highest BCUT2D eigenvalue weighted by Crippen LogP contribution is 2.09. The van der Waals surface area contributed by atoms with E-state index in [1.165, 1.54) is 38.5 Å². The predicted molar refractivity (Wildman–Crippen MR) is 83.8 cm³/mol. The van der Waals surface area contributed by atoms with Crippen LogP contribution in [0.2, 0.25) is 0 Å².